The van der Waals surface area contributed by atoms with E-state index in [1.54, 1.807) is 0 Å². The number of ether oxygens (including phenoxy) is 1. The molecule has 0 aromatic rings. The van der Waals surface area contributed by atoms with Gasteiger partial charge in [-0.05, 0) is 18.8 Å². The molecule has 1 N–H and O–H groups in total. The average Bonchev–Trinajstić information content (AvgIpc) is 2.40. The molecule has 1 amide bonds. The van der Waals surface area contributed by atoms with Crippen molar-refractivity contribution in [2.24, 2.45) is 5.92 Å². The lowest BCUT2D eigenvalue weighted by molar-refractivity contribution is -0.132. The van der Waals surface area contributed by atoms with Crippen molar-refractivity contribution in [1.82, 2.24) is 10.2 Å². The molecular weight excluding hydrogens is 236 g/mol. The first-order valence-corrected chi connectivity index (χ1v) is 7.56. The summed E-state index contributed by atoms with van der Waals surface area (Å²) in [6, 6.07) is 0.0169. The number of likely N-dealkylation sites (N-methyl/N-ethyl adjacent to an activating group) is 1. The molecule has 2 rings (SSSR count). The molecule has 0 bridgehead atoms. The van der Waals surface area contributed by atoms with Gasteiger partial charge in [-0.25, -0.2) is 0 Å². The van der Waals surface area contributed by atoms with E-state index in [4.69, 9.17) is 4.74 Å². The molecule has 0 radical (unpaired) electrons. The van der Waals surface area contributed by atoms with Gasteiger partial charge in [-0.1, -0.05) is 0 Å². The summed E-state index contributed by atoms with van der Waals surface area (Å²) in [6.07, 6.45) is 2.31. The molecule has 2 heterocycles. The van der Waals surface area contributed by atoms with Crippen LogP contribution in [0.2, 0.25) is 0 Å². The Hall–Kier alpha value is -0.260. The lowest BCUT2D eigenvalue weighted by Crippen LogP contribution is -2.50. The smallest absolute Gasteiger partial charge is 0.240 e. The van der Waals surface area contributed by atoms with Crippen molar-refractivity contribution in [2.75, 3.05) is 44.9 Å². The first-order valence-electron chi connectivity index (χ1n) is 6.41. The molecule has 0 aromatic heterocycles. The Kier molecular flexibility index (Phi) is 5.13. The van der Waals surface area contributed by atoms with Crippen LogP contribution in [0.15, 0.2) is 0 Å². The minimum atomic E-state index is 0.0169. The van der Waals surface area contributed by atoms with Crippen LogP contribution in [-0.2, 0) is 9.53 Å². The van der Waals surface area contributed by atoms with E-state index in [1.165, 1.54) is 6.42 Å². The van der Waals surface area contributed by atoms with E-state index in [-0.39, 0.29) is 11.9 Å². The summed E-state index contributed by atoms with van der Waals surface area (Å²) >= 11 is 1.86. The van der Waals surface area contributed by atoms with Crippen molar-refractivity contribution in [3.05, 3.63) is 0 Å². The number of nitrogens with zero attached hydrogens (tertiary/aromatic N) is 1. The van der Waals surface area contributed by atoms with Gasteiger partial charge >= 0.3 is 0 Å². The van der Waals surface area contributed by atoms with Gasteiger partial charge in [0.2, 0.25) is 5.91 Å². The van der Waals surface area contributed by atoms with Gasteiger partial charge in [0.25, 0.3) is 0 Å². The molecule has 0 saturated carbocycles. The predicted molar refractivity (Wildman–Crippen MR) is 70.3 cm³/mol. The number of rotatable bonds is 3. The Morgan fingerprint density at radius 2 is 2.47 bits per heavy atom. The minimum Gasteiger partial charge on any atom is -0.381 e. The van der Waals surface area contributed by atoms with Gasteiger partial charge in [0.05, 0.1) is 12.6 Å². The van der Waals surface area contributed by atoms with E-state index in [1.807, 2.05) is 23.7 Å². The third kappa shape index (κ3) is 3.86. The second-order valence-electron chi connectivity index (χ2n) is 4.88. The topological polar surface area (TPSA) is 41.6 Å². The molecule has 0 aromatic carbocycles. The molecule has 5 heteroatoms. The summed E-state index contributed by atoms with van der Waals surface area (Å²) in [5, 5.41) is 3.29. The van der Waals surface area contributed by atoms with Crippen LogP contribution in [0, 0.1) is 5.92 Å². The number of hydrogen-bond donors (Lipinski definition) is 1. The monoisotopic (exact) mass is 258 g/mol. The van der Waals surface area contributed by atoms with E-state index in [2.05, 4.69) is 5.32 Å². The van der Waals surface area contributed by atoms with Crippen LogP contribution in [0.25, 0.3) is 0 Å². The van der Waals surface area contributed by atoms with Crippen LogP contribution in [0.4, 0.5) is 0 Å². The minimum absolute atomic E-state index is 0.0169. The van der Waals surface area contributed by atoms with Crippen molar-refractivity contribution in [2.45, 2.75) is 18.9 Å². The van der Waals surface area contributed by atoms with Gasteiger partial charge in [-0.15, -0.1) is 0 Å². The fourth-order valence-electron chi connectivity index (χ4n) is 2.42. The average molecular weight is 258 g/mol. The number of hydrogen-bond acceptors (Lipinski definition) is 4. The van der Waals surface area contributed by atoms with Crippen LogP contribution in [-0.4, -0.2) is 61.7 Å². The Morgan fingerprint density at radius 1 is 1.59 bits per heavy atom. The largest absolute Gasteiger partial charge is 0.381 e. The van der Waals surface area contributed by atoms with Crippen LogP contribution in [0.3, 0.4) is 0 Å². The number of carbonyl (C=O) groups excluding carboxylic acids is 1. The number of amides is 1. The molecule has 2 aliphatic heterocycles. The maximum absolute atomic E-state index is 12.2. The summed E-state index contributed by atoms with van der Waals surface area (Å²) in [5.41, 5.74) is 0. The fourth-order valence-corrected chi connectivity index (χ4v) is 3.34. The highest BCUT2D eigenvalue weighted by Gasteiger charge is 2.26. The zero-order valence-electron chi connectivity index (χ0n) is 10.5. The van der Waals surface area contributed by atoms with Crippen LogP contribution < -0.4 is 5.32 Å². The summed E-state index contributed by atoms with van der Waals surface area (Å²) in [6.45, 7) is 3.47. The van der Waals surface area contributed by atoms with E-state index >= 15 is 0 Å². The van der Waals surface area contributed by atoms with Crippen molar-refractivity contribution < 1.29 is 9.53 Å². The summed E-state index contributed by atoms with van der Waals surface area (Å²) < 4.78 is 5.45. The van der Waals surface area contributed by atoms with E-state index in [0.717, 1.165) is 44.2 Å². The third-order valence-corrected chi connectivity index (χ3v) is 4.44. The van der Waals surface area contributed by atoms with Gasteiger partial charge in [0, 0.05) is 38.2 Å². The van der Waals surface area contributed by atoms with Crippen LogP contribution in [0.1, 0.15) is 12.8 Å². The number of thioether (sulfide) groups is 1. The Morgan fingerprint density at radius 3 is 3.12 bits per heavy atom. The lowest BCUT2D eigenvalue weighted by atomic mass is 10.0. The molecular formula is C12H22N2O2S. The fraction of sp³-hybridized carbons (Fsp3) is 0.917. The predicted octanol–water partition coefficient (Wildman–Crippen LogP) is 0.576. The van der Waals surface area contributed by atoms with E-state index < -0.39 is 0 Å². The molecule has 2 aliphatic rings. The number of nitrogens with one attached hydrogen (secondary N) is 1. The quantitative estimate of drug-likeness (QED) is 0.804. The summed E-state index contributed by atoms with van der Waals surface area (Å²) in [7, 11) is 1.91. The van der Waals surface area contributed by atoms with E-state index in [0.29, 0.717) is 5.92 Å². The second kappa shape index (κ2) is 6.61. The van der Waals surface area contributed by atoms with Gasteiger partial charge in [-0.3, -0.25) is 4.79 Å². The van der Waals surface area contributed by atoms with E-state index in [9.17, 15) is 4.79 Å². The lowest BCUT2D eigenvalue weighted by Gasteiger charge is -2.31. The van der Waals surface area contributed by atoms with Gasteiger partial charge in [0.15, 0.2) is 0 Å². The number of carbonyl (C=O) groups is 1. The Bertz CT molecular complexity index is 251. The van der Waals surface area contributed by atoms with Crippen LogP contribution in [0.5, 0.6) is 0 Å². The first-order chi connectivity index (χ1) is 8.27. The molecule has 2 saturated heterocycles. The van der Waals surface area contributed by atoms with Crippen molar-refractivity contribution >= 4 is 17.7 Å². The molecule has 0 aliphatic carbocycles. The molecule has 98 valence electrons. The van der Waals surface area contributed by atoms with Crippen molar-refractivity contribution in [3.8, 4) is 0 Å². The maximum atomic E-state index is 12.2. The highest BCUT2D eigenvalue weighted by atomic mass is 32.2. The molecule has 0 spiro atoms. The van der Waals surface area contributed by atoms with Crippen molar-refractivity contribution in [3.63, 3.8) is 0 Å². The molecule has 4 nitrogen and oxygen atoms in total. The SMILES string of the molecule is CN(CC1CCCOC1)C(=O)C1CSCCN1. The molecule has 2 unspecified atom stereocenters. The standard InChI is InChI=1S/C12H22N2O2S/c1-14(7-10-3-2-5-16-8-10)12(15)11-9-17-6-4-13-11/h10-11,13H,2-9H2,1H3. The van der Waals surface area contributed by atoms with Gasteiger partial charge in [-0.2, -0.15) is 11.8 Å². The zero-order valence-corrected chi connectivity index (χ0v) is 11.3. The third-order valence-electron chi connectivity index (χ3n) is 3.38. The van der Waals surface area contributed by atoms with Gasteiger partial charge < -0.3 is 15.0 Å². The second-order valence-corrected chi connectivity index (χ2v) is 6.03. The van der Waals surface area contributed by atoms with Crippen molar-refractivity contribution in [1.29, 1.82) is 0 Å². The highest BCUT2D eigenvalue weighted by Crippen LogP contribution is 2.16. The maximum Gasteiger partial charge on any atom is 0.240 e. The summed E-state index contributed by atoms with van der Waals surface area (Å²) in [5.74, 6) is 2.78. The molecule has 2 atom stereocenters. The van der Waals surface area contributed by atoms with Gasteiger partial charge in [0.1, 0.15) is 0 Å². The zero-order chi connectivity index (χ0) is 12.1. The Labute approximate surface area is 107 Å². The van der Waals surface area contributed by atoms with Crippen LogP contribution >= 0.6 is 11.8 Å². The molecule has 2 fully saturated rings. The highest BCUT2D eigenvalue weighted by molar-refractivity contribution is 7.99. The normalized spacial score (nSPS) is 29.9. The summed E-state index contributed by atoms with van der Waals surface area (Å²) in [4.78, 5) is 14.1. The Balaban J connectivity index is 1.77. The first kappa shape index (κ1) is 13.2. The molecule has 17 heavy (non-hydrogen) atoms.